The average molecular weight is 535 g/mol. The number of thiazole rings is 1. The number of nitrogens with zero attached hydrogens (tertiary/aromatic N) is 3. The van der Waals surface area contributed by atoms with E-state index in [2.05, 4.69) is 10.3 Å². The molecular formula is C28H30N4O5S. The molecule has 1 fully saturated rings. The third-order valence-electron chi connectivity index (χ3n) is 7.19. The van der Waals surface area contributed by atoms with Crippen LogP contribution in [0.5, 0.6) is 0 Å². The molecule has 3 N–H and O–H groups in total. The van der Waals surface area contributed by atoms with Crippen LogP contribution in [0, 0.1) is 6.92 Å². The molecule has 2 aliphatic heterocycles. The summed E-state index contributed by atoms with van der Waals surface area (Å²) >= 11 is 1.57. The number of aliphatic hydroxyl groups is 2. The van der Waals surface area contributed by atoms with Crippen LogP contribution in [0.25, 0.3) is 10.4 Å². The van der Waals surface area contributed by atoms with Gasteiger partial charge in [-0.25, -0.2) is 4.98 Å². The fourth-order valence-corrected chi connectivity index (χ4v) is 6.05. The van der Waals surface area contributed by atoms with E-state index in [4.69, 9.17) is 0 Å². The SMILES string of the molecule is Cc1ncsc1-c1ccc(CNC(=O)[C@@H]2C[C@@H](O)CN2C(=O)[C@H]([C@H](C)O)N2Cc3ccccc3C2=O)cc1. The number of rotatable bonds is 7. The summed E-state index contributed by atoms with van der Waals surface area (Å²) in [5.41, 5.74) is 6.00. The number of fused-ring (bicyclic) bond motifs is 1. The first-order chi connectivity index (χ1) is 18.2. The second kappa shape index (κ2) is 10.6. The Bertz CT molecular complexity index is 1360. The summed E-state index contributed by atoms with van der Waals surface area (Å²) in [6.07, 6.45) is -1.96. The minimum absolute atomic E-state index is 0.0436. The molecule has 2 aromatic carbocycles. The van der Waals surface area contributed by atoms with Crippen molar-refractivity contribution < 1.29 is 24.6 Å². The van der Waals surface area contributed by atoms with Crippen LogP contribution >= 0.6 is 11.3 Å². The highest BCUT2D eigenvalue weighted by Crippen LogP contribution is 2.29. The quantitative estimate of drug-likeness (QED) is 0.427. The summed E-state index contributed by atoms with van der Waals surface area (Å²) in [6.45, 7) is 3.83. The molecule has 3 heterocycles. The van der Waals surface area contributed by atoms with Gasteiger partial charge in [-0.05, 0) is 36.6 Å². The monoisotopic (exact) mass is 534 g/mol. The van der Waals surface area contributed by atoms with E-state index in [1.54, 1.807) is 23.5 Å². The molecule has 0 radical (unpaired) electrons. The zero-order chi connectivity index (χ0) is 27.0. The highest BCUT2D eigenvalue weighted by Gasteiger charge is 2.46. The average Bonchev–Trinajstić information content (AvgIpc) is 3.60. The third-order valence-corrected chi connectivity index (χ3v) is 8.17. The number of aryl methyl sites for hydroxylation is 1. The fraction of sp³-hybridized carbons (Fsp3) is 0.357. The number of nitrogens with one attached hydrogen (secondary N) is 1. The van der Waals surface area contributed by atoms with Crippen molar-refractivity contribution >= 4 is 29.1 Å². The Hall–Kier alpha value is -3.60. The second-order valence-corrected chi connectivity index (χ2v) is 10.7. The summed E-state index contributed by atoms with van der Waals surface area (Å²) < 4.78 is 0. The van der Waals surface area contributed by atoms with Crippen LogP contribution in [0.15, 0.2) is 54.0 Å². The van der Waals surface area contributed by atoms with Crippen LogP contribution in [0.1, 0.15) is 40.5 Å². The van der Waals surface area contributed by atoms with E-state index in [9.17, 15) is 24.6 Å². The molecule has 2 aliphatic rings. The molecule has 0 aliphatic carbocycles. The molecule has 10 heteroatoms. The topological polar surface area (TPSA) is 123 Å². The lowest BCUT2D eigenvalue weighted by Gasteiger charge is -2.34. The summed E-state index contributed by atoms with van der Waals surface area (Å²) in [7, 11) is 0. The van der Waals surface area contributed by atoms with Crippen LogP contribution in [-0.2, 0) is 22.7 Å². The van der Waals surface area contributed by atoms with Gasteiger partial charge in [-0.2, -0.15) is 0 Å². The molecule has 1 aromatic heterocycles. The van der Waals surface area contributed by atoms with Crippen LogP contribution in [0.2, 0.25) is 0 Å². The molecule has 3 aromatic rings. The zero-order valence-corrected chi connectivity index (χ0v) is 22.0. The highest BCUT2D eigenvalue weighted by atomic mass is 32.1. The minimum Gasteiger partial charge on any atom is -0.391 e. The molecule has 0 bridgehead atoms. The Morgan fingerprint density at radius 3 is 2.58 bits per heavy atom. The van der Waals surface area contributed by atoms with E-state index in [0.717, 1.165) is 27.3 Å². The molecule has 3 amide bonds. The Morgan fingerprint density at radius 2 is 1.92 bits per heavy atom. The molecule has 0 spiro atoms. The van der Waals surface area contributed by atoms with Crippen LogP contribution in [0.3, 0.4) is 0 Å². The Morgan fingerprint density at radius 1 is 1.18 bits per heavy atom. The normalized spacial score (nSPS) is 20.4. The van der Waals surface area contributed by atoms with Gasteiger partial charge in [0.1, 0.15) is 12.1 Å². The number of aromatic nitrogens is 1. The molecule has 1 saturated heterocycles. The Labute approximate surface area is 224 Å². The molecule has 198 valence electrons. The van der Waals surface area contributed by atoms with Gasteiger partial charge in [0.25, 0.3) is 5.91 Å². The van der Waals surface area contributed by atoms with Gasteiger partial charge < -0.3 is 25.3 Å². The van der Waals surface area contributed by atoms with Crippen molar-refractivity contribution in [1.29, 1.82) is 0 Å². The van der Waals surface area contributed by atoms with Crippen molar-refractivity contribution in [2.24, 2.45) is 0 Å². The van der Waals surface area contributed by atoms with Crippen molar-refractivity contribution in [2.45, 2.75) is 57.6 Å². The lowest BCUT2D eigenvalue weighted by Crippen LogP contribution is -2.57. The molecular weight excluding hydrogens is 504 g/mol. The number of aliphatic hydroxyl groups excluding tert-OH is 2. The van der Waals surface area contributed by atoms with Gasteiger partial charge in [-0.15, -0.1) is 11.3 Å². The zero-order valence-electron chi connectivity index (χ0n) is 21.2. The Kier molecular flexibility index (Phi) is 7.29. The first-order valence-electron chi connectivity index (χ1n) is 12.6. The van der Waals surface area contributed by atoms with E-state index < -0.39 is 36.1 Å². The van der Waals surface area contributed by atoms with E-state index >= 15 is 0 Å². The molecule has 0 unspecified atom stereocenters. The largest absolute Gasteiger partial charge is 0.391 e. The van der Waals surface area contributed by atoms with E-state index in [1.807, 2.05) is 48.8 Å². The molecule has 4 atom stereocenters. The van der Waals surface area contributed by atoms with Gasteiger partial charge in [0.15, 0.2) is 0 Å². The predicted molar refractivity (Wildman–Crippen MR) is 142 cm³/mol. The number of hydrogen-bond acceptors (Lipinski definition) is 7. The van der Waals surface area contributed by atoms with Crippen LogP contribution < -0.4 is 5.32 Å². The first kappa shape index (κ1) is 26.0. The summed E-state index contributed by atoms with van der Waals surface area (Å²) in [5.74, 6) is -1.28. The maximum atomic E-state index is 13.7. The molecule has 0 saturated carbocycles. The number of benzene rings is 2. The van der Waals surface area contributed by atoms with Gasteiger partial charge in [-0.3, -0.25) is 14.4 Å². The summed E-state index contributed by atoms with van der Waals surface area (Å²) in [5, 5.41) is 23.8. The van der Waals surface area contributed by atoms with E-state index in [-0.39, 0.29) is 32.0 Å². The maximum Gasteiger partial charge on any atom is 0.255 e. The number of carbonyl (C=O) groups excluding carboxylic acids is 3. The van der Waals surface area contributed by atoms with Crippen molar-refractivity contribution in [2.75, 3.05) is 6.54 Å². The predicted octanol–water partition coefficient (Wildman–Crippen LogP) is 2.10. The van der Waals surface area contributed by atoms with Crippen molar-refractivity contribution in [3.8, 4) is 10.4 Å². The Balaban J connectivity index is 1.27. The fourth-order valence-electron chi connectivity index (χ4n) is 5.24. The van der Waals surface area contributed by atoms with Gasteiger partial charge in [0.2, 0.25) is 11.8 Å². The van der Waals surface area contributed by atoms with Gasteiger partial charge in [0.05, 0.1) is 28.3 Å². The van der Waals surface area contributed by atoms with Crippen molar-refractivity contribution in [3.63, 3.8) is 0 Å². The number of carbonyl (C=O) groups is 3. The highest BCUT2D eigenvalue weighted by molar-refractivity contribution is 7.13. The van der Waals surface area contributed by atoms with Gasteiger partial charge in [-0.1, -0.05) is 42.5 Å². The van der Waals surface area contributed by atoms with E-state index in [0.29, 0.717) is 5.56 Å². The molecule has 38 heavy (non-hydrogen) atoms. The smallest absolute Gasteiger partial charge is 0.255 e. The minimum atomic E-state index is -1.17. The number of likely N-dealkylation sites (tertiary alicyclic amines) is 1. The lowest BCUT2D eigenvalue weighted by atomic mass is 10.1. The summed E-state index contributed by atoms with van der Waals surface area (Å²) in [6, 6.07) is 12.8. The standard InChI is InChI=1S/C28H30N4O5S/c1-16-25(38-15-30-16)19-9-7-18(8-10-19)12-29-26(35)23-11-21(34)14-31(23)28(37)24(17(2)33)32-13-20-5-3-4-6-22(20)27(32)36/h3-10,15,17,21,23-24,33-34H,11-14H2,1-2H3,(H,29,35)/t17-,21+,23-,24-/m0/s1. The third kappa shape index (κ3) is 4.94. The van der Waals surface area contributed by atoms with Crippen LogP contribution in [-0.4, -0.2) is 73.6 Å². The van der Waals surface area contributed by atoms with Crippen LogP contribution in [0.4, 0.5) is 0 Å². The maximum absolute atomic E-state index is 13.7. The molecule has 5 rings (SSSR count). The summed E-state index contributed by atoms with van der Waals surface area (Å²) in [4.78, 5) is 47.9. The van der Waals surface area contributed by atoms with Crippen molar-refractivity contribution in [3.05, 3.63) is 76.4 Å². The number of hydrogen-bond donors (Lipinski definition) is 3. The van der Waals surface area contributed by atoms with Gasteiger partial charge in [0, 0.05) is 31.6 Å². The first-order valence-corrected chi connectivity index (χ1v) is 13.4. The van der Waals surface area contributed by atoms with E-state index in [1.165, 1.54) is 16.7 Å². The molecule has 9 nitrogen and oxygen atoms in total. The van der Waals surface area contributed by atoms with Crippen molar-refractivity contribution in [1.82, 2.24) is 20.1 Å². The number of β-amino-alcohol motifs (C(OH)–C–C–N with tert-alkyl or cyclic N) is 1. The lowest BCUT2D eigenvalue weighted by molar-refractivity contribution is -0.145. The number of amides is 3. The van der Waals surface area contributed by atoms with Gasteiger partial charge >= 0.3 is 0 Å². The second-order valence-electron chi connectivity index (χ2n) is 9.85.